The molecule has 2 N–H and O–H groups in total. The fourth-order valence-corrected chi connectivity index (χ4v) is 4.28. The van der Waals surface area contributed by atoms with E-state index >= 15 is 0 Å². The van der Waals surface area contributed by atoms with Crippen LogP contribution in [0.25, 0.3) is 11.1 Å². The Morgan fingerprint density at radius 1 is 0.816 bits per heavy atom. The highest BCUT2D eigenvalue weighted by Gasteiger charge is 2.19. The van der Waals surface area contributed by atoms with Crippen molar-refractivity contribution in [3.63, 3.8) is 0 Å². The molecule has 0 aliphatic rings. The number of carbonyl (C=O) groups excluding carboxylic acids is 2. The number of rotatable bonds is 12. The lowest BCUT2D eigenvalue weighted by Gasteiger charge is -2.26. The molecule has 1 heterocycles. The maximum atomic E-state index is 13.2. The molecule has 0 saturated heterocycles. The van der Waals surface area contributed by atoms with Gasteiger partial charge in [-0.15, -0.1) is 0 Å². The molecule has 2 amide bonds. The molecule has 38 heavy (non-hydrogen) atoms. The average Bonchev–Trinajstić information content (AvgIpc) is 3.48. The molecule has 0 unspecified atom stereocenters. The van der Waals surface area contributed by atoms with Crippen molar-refractivity contribution in [1.82, 2.24) is 5.32 Å². The Morgan fingerprint density at radius 2 is 1.58 bits per heavy atom. The first-order chi connectivity index (χ1) is 18.6. The summed E-state index contributed by atoms with van der Waals surface area (Å²) in [5.41, 5.74) is 4.60. The van der Waals surface area contributed by atoms with E-state index in [-0.39, 0.29) is 11.8 Å². The van der Waals surface area contributed by atoms with Crippen molar-refractivity contribution >= 4 is 23.2 Å². The van der Waals surface area contributed by atoms with Gasteiger partial charge in [0.15, 0.2) is 0 Å². The Bertz CT molecular complexity index is 1320. The van der Waals surface area contributed by atoms with Crippen LogP contribution in [0, 0.1) is 0 Å². The van der Waals surface area contributed by atoms with E-state index in [0.29, 0.717) is 29.9 Å². The van der Waals surface area contributed by atoms with Gasteiger partial charge in [0.25, 0.3) is 11.8 Å². The van der Waals surface area contributed by atoms with Gasteiger partial charge in [-0.05, 0) is 66.4 Å². The Hall–Kier alpha value is -4.32. The molecular weight excluding hydrogens is 474 g/mol. The van der Waals surface area contributed by atoms with Gasteiger partial charge in [-0.2, -0.15) is 0 Å². The number of hydrogen-bond donors (Lipinski definition) is 2. The minimum atomic E-state index is -0.226. The molecule has 0 atom stereocenters. The number of furan rings is 1. The fraction of sp³-hybridized carbons (Fsp3) is 0.250. The first-order valence-corrected chi connectivity index (χ1v) is 13.3. The van der Waals surface area contributed by atoms with Crippen LogP contribution in [-0.2, 0) is 6.54 Å². The second-order valence-electron chi connectivity index (χ2n) is 9.24. The van der Waals surface area contributed by atoms with Gasteiger partial charge >= 0.3 is 0 Å². The average molecular weight is 510 g/mol. The zero-order valence-electron chi connectivity index (χ0n) is 22.1. The predicted octanol–water partition coefficient (Wildman–Crippen LogP) is 7.15. The molecule has 196 valence electrons. The molecule has 4 aromatic rings. The summed E-state index contributed by atoms with van der Waals surface area (Å²) in [6, 6.07) is 26.9. The largest absolute Gasteiger partial charge is 0.467 e. The summed E-state index contributed by atoms with van der Waals surface area (Å²) in [4.78, 5) is 28.4. The summed E-state index contributed by atoms with van der Waals surface area (Å²) in [5, 5.41) is 5.96. The molecule has 0 aliphatic carbocycles. The monoisotopic (exact) mass is 509 g/mol. The van der Waals surface area contributed by atoms with Crippen LogP contribution < -0.4 is 15.5 Å². The third kappa shape index (κ3) is 6.91. The summed E-state index contributed by atoms with van der Waals surface area (Å²) in [5.74, 6) is 0.444. The standard InChI is InChI=1S/C32H35N3O3/c1-3-5-20-35(23-28-12-9-21-38-28)30-18-17-27(22-29(30)32(37)33-19-4-2)34-31(36)26-15-13-25(14-16-26)24-10-7-6-8-11-24/h6-18,21-22H,3-5,19-20,23H2,1-2H3,(H,33,37)(H,34,36). The normalized spacial score (nSPS) is 10.7. The zero-order valence-corrected chi connectivity index (χ0v) is 22.1. The van der Waals surface area contributed by atoms with Crippen molar-refractivity contribution in [3.05, 3.63) is 108 Å². The SMILES string of the molecule is CCCCN(Cc1ccco1)c1ccc(NC(=O)c2ccc(-c3ccccc3)cc2)cc1C(=O)NCCC. The van der Waals surface area contributed by atoms with Gasteiger partial charge in [0, 0.05) is 24.3 Å². The molecule has 0 fully saturated rings. The van der Waals surface area contributed by atoms with Crippen LogP contribution in [0.4, 0.5) is 11.4 Å². The van der Waals surface area contributed by atoms with Crippen molar-refractivity contribution in [2.24, 2.45) is 0 Å². The third-order valence-corrected chi connectivity index (χ3v) is 6.34. The van der Waals surface area contributed by atoms with Crippen LogP contribution in [0.1, 0.15) is 59.6 Å². The molecule has 0 radical (unpaired) electrons. The van der Waals surface area contributed by atoms with Crippen LogP contribution in [0.3, 0.4) is 0 Å². The lowest BCUT2D eigenvalue weighted by atomic mass is 10.0. The summed E-state index contributed by atoms with van der Waals surface area (Å²) < 4.78 is 5.59. The summed E-state index contributed by atoms with van der Waals surface area (Å²) in [7, 11) is 0. The smallest absolute Gasteiger partial charge is 0.255 e. The van der Waals surface area contributed by atoms with Gasteiger partial charge in [-0.1, -0.05) is 62.7 Å². The van der Waals surface area contributed by atoms with E-state index in [0.717, 1.165) is 48.4 Å². The van der Waals surface area contributed by atoms with Crippen LogP contribution in [-0.4, -0.2) is 24.9 Å². The predicted molar refractivity (Wildman–Crippen MR) is 154 cm³/mol. The van der Waals surface area contributed by atoms with Crippen molar-refractivity contribution in [3.8, 4) is 11.1 Å². The highest BCUT2D eigenvalue weighted by Crippen LogP contribution is 2.28. The van der Waals surface area contributed by atoms with Gasteiger partial charge < -0.3 is 20.0 Å². The Labute approximate surface area is 224 Å². The lowest BCUT2D eigenvalue weighted by molar-refractivity contribution is 0.0952. The number of carbonyl (C=O) groups is 2. The maximum Gasteiger partial charge on any atom is 0.255 e. The van der Waals surface area contributed by atoms with E-state index in [9.17, 15) is 9.59 Å². The minimum absolute atomic E-state index is 0.161. The highest BCUT2D eigenvalue weighted by atomic mass is 16.3. The van der Waals surface area contributed by atoms with E-state index in [2.05, 4.69) is 22.5 Å². The number of hydrogen-bond acceptors (Lipinski definition) is 4. The topological polar surface area (TPSA) is 74.6 Å². The van der Waals surface area contributed by atoms with Gasteiger partial charge in [-0.25, -0.2) is 0 Å². The molecule has 0 bridgehead atoms. The van der Waals surface area contributed by atoms with Gasteiger partial charge in [0.05, 0.1) is 24.1 Å². The lowest BCUT2D eigenvalue weighted by Crippen LogP contribution is -2.30. The van der Waals surface area contributed by atoms with E-state index in [1.807, 2.05) is 85.8 Å². The number of benzene rings is 3. The van der Waals surface area contributed by atoms with Crippen LogP contribution in [0.15, 0.2) is 95.6 Å². The quantitative estimate of drug-likeness (QED) is 0.213. The number of anilines is 2. The fourth-order valence-electron chi connectivity index (χ4n) is 4.28. The second-order valence-corrected chi connectivity index (χ2v) is 9.24. The van der Waals surface area contributed by atoms with E-state index in [1.54, 1.807) is 12.3 Å². The Balaban J connectivity index is 1.58. The third-order valence-electron chi connectivity index (χ3n) is 6.34. The Kier molecular flexibility index (Phi) is 9.35. The minimum Gasteiger partial charge on any atom is -0.467 e. The number of unbranched alkanes of at least 4 members (excludes halogenated alkanes) is 1. The molecule has 0 spiro atoms. The van der Waals surface area contributed by atoms with Gasteiger partial charge in [0.2, 0.25) is 0 Å². The van der Waals surface area contributed by atoms with Crippen LogP contribution >= 0.6 is 0 Å². The molecule has 0 aliphatic heterocycles. The second kappa shape index (κ2) is 13.3. The molecular formula is C32H35N3O3. The van der Waals surface area contributed by atoms with Crippen molar-refractivity contribution in [2.45, 2.75) is 39.7 Å². The molecule has 0 saturated carbocycles. The summed E-state index contributed by atoms with van der Waals surface area (Å²) in [6.07, 6.45) is 4.51. The number of nitrogens with one attached hydrogen (secondary N) is 2. The summed E-state index contributed by atoms with van der Waals surface area (Å²) in [6.45, 7) is 6.08. The van der Waals surface area contributed by atoms with Crippen LogP contribution in [0.2, 0.25) is 0 Å². The first kappa shape index (κ1) is 26.7. The highest BCUT2D eigenvalue weighted by molar-refractivity contribution is 6.06. The molecule has 6 nitrogen and oxygen atoms in total. The molecule has 4 rings (SSSR count). The van der Waals surface area contributed by atoms with Gasteiger partial charge in [0.1, 0.15) is 5.76 Å². The van der Waals surface area contributed by atoms with E-state index in [1.165, 1.54) is 0 Å². The molecule has 3 aromatic carbocycles. The van der Waals surface area contributed by atoms with Crippen LogP contribution in [0.5, 0.6) is 0 Å². The van der Waals surface area contributed by atoms with Gasteiger partial charge in [-0.3, -0.25) is 9.59 Å². The van der Waals surface area contributed by atoms with Crippen molar-refractivity contribution < 1.29 is 14.0 Å². The molecule has 1 aromatic heterocycles. The van der Waals surface area contributed by atoms with Crippen molar-refractivity contribution in [1.29, 1.82) is 0 Å². The number of amides is 2. The van der Waals surface area contributed by atoms with E-state index < -0.39 is 0 Å². The summed E-state index contributed by atoms with van der Waals surface area (Å²) >= 11 is 0. The maximum absolute atomic E-state index is 13.2. The molecule has 6 heteroatoms. The first-order valence-electron chi connectivity index (χ1n) is 13.3. The zero-order chi connectivity index (χ0) is 26.7. The van der Waals surface area contributed by atoms with E-state index in [4.69, 9.17) is 4.42 Å². The number of nitrogens with zero attached hydrogens (tertiary/aromatic N) is 1. The van der Waals surface area contributed by atoms with Crippen molar-refractivity contribution in [2.75, 3.05) is 23.3 Å². The Morgan fingerprint density at radius 3 is 2.26 bits per heavy atom.